The van der Waals surface area contributed by atoms with Gasteiger partial charge in [-0.2, -0.15) is 0 Å². The lowest BCUT2D eigenvalue weighted by Gasteiger charge is -2.22. The normalized spacial score (nSPS) is 12.3. The summed E-state index contributed by atoms with van der Waals surface area (Å²) in [7, 11) is 0. The van der Waals surface area contributed by atoms with E-state index in [4.69, 9.17) is 33.0 Å². The molecule has 9 nitrogen and oxygen atoms in total. The van der Waals surface area contributed by atoms with E-state index in [-0.39, 0.29) is 18.7 Å². The Morgan fingerprint density at radius 1 is 0.583 bits per heavy atom. The summed E-state index contributed by atoms with van der Waals surface area (Å²) in [4.78, 5) is 29.7. The van der Waals surface area contributed by atoms with E-state index in [2.05, 4.69) is 40.7 Å². The van der Waals surface area contributed by atoms with Crippen LogP contribution >= 0.6 is 23.2 Å². The molecule has 0 aliphatic heterocycles. The molecule has 6 aromatic rings. The molecule has 6 rings (SSSR count). The summed E-state index contributed by atoms with van der Waals surface area (Å²) in [5.41, 5.74) is 8.14. The average Bonchev–Trinajstić information content (AvgIpc) is 3.28. The second-order valence-corrected chi connectivity index (χ2v) is 13.7. The quantitative estimate of drug-likeness (QED) is 0.0493. The number of aromatic hydroxyl groups is 1. The number of phenols is 1. The van der Waals surface area contributed by atoms with Gasteiger partial charge in [-0.25, -0.2) is 0 Å². The van der Waals surface area contributed by atoms with Gasteiger partial charge in [0, 0.05) is 11.1 Å². The Labute approximate surface area is 359 Å². The van der Waals surface area contributed by atoms with Gasteiger partial charge < -0.3 is 29.5 Å². The summed E-state index contributed by atoms with van der Waals surface area (Å²) in [5.74, 6) is -2.56. The molecule has 11 heteroatoms. The number of phenolic OH excluding ortho intramolecular Hbond substituents is 1. The molecule has 60 heavy (non-hydrogen) atoms. The number of carboxylic acids is 1. The number of aliphatic hydroxyl groups is 1. The van der Waals surface area contributed by atoms with Crippen LogP contribution in [0.25, 0.3) is 21.2 Å². The van der Waals surface area contributed by atoms with E-state index in [0.717, 1.165) is 68.3 Å². The minimum absolute atomic E-state index is 0.000976. The lowest BCUT2D eigenvalue weighted by molar-refractivity contribution is -0.220. The molecule has 0 spiro atoms. The summed E-state index contributed by atoms with van der Waals surface area (Å²) < 4.78 is 13.8. The molecule has 0 aliphatic rings. The van der Waals surface area contributed by atoms with E-state index in [1.165, 1.54) is 0 Å². The Morgan fingerprint density at radius 3 is 1.33 bits per heavy atom. The van der Waals surface area contributed by atoms with Gasteiger partial charge in [-0.3, -0.25) is 14.4 Å². The van der Waals surface area contributed by atoms with Crippen LogP contribution in [0.2, 0.25) is 0 Å². The largest absolute Gasteiger partial charge is 0.508 e. The molecule has 0 saturated heterocycles. The van der Waals surface area contributed by atoms with Gasteiger partial charge in [0.05, 0.1) is 16.7 Å². The Hall–Kier alpha value is -6.65. The van der Waals surface area contributed by atoms with Crippen LogP contribution in [0, 0.1) is 0 Å². The molecule has 0 fully saturated rings. The van der Waals surface area contributed by atoms with Crippen molar-refractivity contribution in [1.29, 1.82) is 0 Å². The highest BCUT2D eigenvalue weighted by molar-refractivity contribution is 6.53. The fourth-order valence-corrected chi connectivity index (χ4v) is 6.38. The maximum absolute atomic E-state index is 10.2. The van der Waals surface area contributed by atoms with Gasteiger partial charge in [0.25, 0.3) is 18.7 Å². The van der Waals surface area contributed by atoms with Crippen molar-refractivity contribution in [2.75, 3.05) is 13.2 Å². The molecular formula is C49H44Cl2O9. The fourth-order valence-electron chi connectivity index (χ4n) is 5.69. The van der Waals surface area contributed by atoms with Gasteiger partial charge in [-0.15, -0.1) is 0 Å². The van der Waals surface area contributed by atoms with E-state index in [1.807, 2.05) is 133 Å². The summed E-state index contributed by atoms with van der Waals surface area (Å²) in [5, 5.41) is 28.4. The highest BCUT2D eigenvalue weighted by Gasteiger charge is 2.33. The molecule has 0 heterocycles. The molecule has 3 N–H and O–H groups in total. The molecule has 1 atom stereocenters. The third-order valence-electron chi connectivity index (χ3n) is 8.46. The zero-order valence-corrected chi connectivity index (χ0v) is 34.2. The lowest BCUT2D eigenvalue weighted by atomic mass is 9.95. The predicted octanol–water partition coefficient (Wildman–Crippen LogP) is 10.7. The standard InChI is InChI=1S/C23H21ClO.C20H15ClO.C6H8O7/c1-2-17-25-21-15-13-19(14-16-21)22(18-9-5-3-6-10-18)23(24)20-11-7-4-8-12-20;21-20(17-9-5-2-6-10-17)19(15-7-3-1-4-8-15)16-11-13-18(22)14-12-16;7-3-12-2-6(11,13-4-8)1-5(9)10/h3-16H,2,17H2,1H3;1-14,22H;3-4,11H,1-2H2,(H,9,10)/b23-22-;20-19-;. The minimum Gasteiger partial charge on any atom is -0.508 e. The van der Waals surface area contributed by atoms with E-state index < -0.39 is 24.8 Å². The highest BCUT2D eigenvalue weighted by atomic mass is 35.5. The van der Waals surface area contributed by atoms with Gasteiger partial charge in [0.15, 0.2) is 6.61 Å². The number of ether oxygens (including phenoxy) is 3. The van der Waals surface area contributed by atoms with Gasteiger partial charge >= 0.3 is 5.97 Å². The first-order chi connectivity index (χ1) is 29.1. The first-order valence-corrected chi connectivity index (χ1v) is 19.5. The molecule has 0 aromatic heterocycles. The number of hydrogen-bond acceptors (Lipinski definition) is 8. The maximum Gasteiger partial charge on any atom is 0.310 e. The summed E-state index contributed by atoms with van der Waals surface area (Å²) in [6.45, 7) is 1.98. The molecule has 308 valence electrons. The maximum atomic E-state index is 10.2. The van der Waals surface area contributed by atoms with Crippen molar-refractivity contribution in [1.82, 2.24) is 0 Å². The van der Waals surface area contributed by atoms with E-state index in [0.29, 0.717) is 5.03 Å². The zero-order valence-electron chi connectivity index (χ0n) is 32.7. The van der Waals surface area contributed by atoms with Crippen molar-refractivity contribution >= 4 is 63.3 Å². The van der Waals surface area contributed by atoms with E-state index in [1.54, 1.807) is 12.1 Å². The zero-order chi connectivity index (χ0) is 43.2. The summed E-state index contributed by atoms with van der Waals surface area (Å²) in [6, 6.07) is 55.5. The Morgan fingerprint density at radius 2 is 0.967 bits per heavy atom. The molecule has 0 radical (unpaired) electrons. The number of aliphatic carboxylic acids is 1. The number of halogens is 2. The van der Waals surface area contributed by atoms with Crippen molar-refractivity contribution in [2.45, 2.75) is 25.6 Å². The van der Waals surface area contributed by atoms with Crippen LogP contribution < -0.4 is 4.74 Å². The summed E-state index contributed by atoms with van der Waals surface area (Å²) >= 11 is 13.5. The van der Waals surface area contributed by atoms with Crippen molar-refractivity contribution < 1.29 is 43.9 Å². The topological polar surface area (TPSA) is 140 Å². The van der Waals surface area contributed by atoms with Gasteiger partial charge in [0.2, 0.25) is 0 Å². The van der Waals surface area contributed by atoms with Crippen LogP contribution in [0.15, 0.2) is 170 Å². The lowest BCUT2D eigenvalue weighted by Crippen LogP contribution is -2.39. The molecule has 0 saturated carbocycles. The molecule has 0 amide bonds. The van der Waals surface area contributed by atoms with Crippen molar-refractivity contribution in [3.63, 3.8) is 0 Å². The van der Waals surface area contributed by atoms with Crippen LogP contribution in [0.4, 0.5) is 0 Å². The molecular weight excluding hydrogens is 803 g/mol. The number of carbonyl (C=O) groups excluding carboxylic acids is 2. The van der Waals surface area contributed by atoms with Crippen molar-refractivity contribution in [3.05, 3.63) is 203 Å². The third kappa shape index (κ3) is 14.3. The third-order valence-corrected chi connectivity index (χ3v) is 9.28. The fraction of sp³-hybridized carbons (Fsp3) is 0.122. The van der Waals surface area contributed by atoms with Crippen LogP contribution in [0.5, 0.6) is 11.5 Å². The van der Waals surface area contributed by atoms with Crippen molar-refractivity contribution in [3.8, 4) is 11.5 Å². The van der Waals surface area contributed by atoms with Gasteiger partial charge in [-0.1, -0.05) is 176 Å². The van der Waals surface area contributed by atoms with Crippen LogP contribution in [0.3, 0.4) is 0 Å². The van der Waals surface area contributed by atoms with E-state index >= 15 is 0 Å². The number of hydrogen-bond donors (Lipinski definition) is 3. The second-order valence-electron chi connectivity index (χ2n) is 12.9. The minimum atomic E-state index is -2.30. The molecule has 0 bridgehead atoms. The smallest absolute Gasteiger partial charge is 0.310 e. The number of rotatable bonds is 16. The van der Waals surface area contributed by atoms with Crippen molar-refractivity contribution in [2.24, 2.45) is 0 Å². The first kappa shape index (κ1) is 46.0. The number of carboxylic acid groups (broad SMARTS) is 1. The monoisotopic (exact) mass is 846 g/mol. The van der Waals surface area contributed by atoms with Crippen LogP contribution in [0.1, 0.15) is 53.1 Å². The summed E-state index contributed by atoms with van der Waals surface area (Å²) in [6.07, 6.45) is 0.135. The van der Waals surface area contributed by atoms with Crippen LogP contribution in [-0.2, 0) is 23.9 Å². The van der Waals surface area contributed by atoms with Gasteiger partial charge in [-0.05, 0) is 64.1 Å². The van der Waals surface area contributed by atoms with Gasteiger partial charge in [0.1, 0.15) is 17.9 Å². The Balaban J connectivity index is 0.000000209. The predicted molar refractivity (Wildman–Crippen MR) is 236 cm³/mol. The molecule has 1 unspecified atom stereocenters. The Kier molecular flexibility index (Phi) is 18.7. The average molecular weight is 848 g/mol. The van der Waals surface area contributed by atoms with Crippen LogP contribution in [-0.4, -0.2) is 53.2 Å². The number of carbonyl (C=O) groups is 3. The highest BCUT2D eigenvalue weighted by Crippen LogP contribution is 2.36. The second kappa shape index (κ2) is 24.3. The number of benzene rings is 6. The van der Waals surface area contributed by atoms with E-state index in [9.17, 15) is 24.6 Å². The SMILES string of the molecule is CCCOc1ccc(/C(=C(\Cl)c2ccccc2)c2ccccc2)cc1.O=COCC(O)(CC(=O)O)OC=O.Oc1ccc(/C(=C(\Cl)c2ccccc2)c2ccccc2)cc1. The molecule has 6 aromatic carbocycles. The molecule has 0 aliphatic carbocycles. The Bertz CT molecular complexity index is 2280. The first-order valence-electron chi connectivity index (χ1n) is 18.7.